The van der Waals surface area contributed by atoms with Gasteiger partial charge in [-0.3, -0.25) is 4.79 Å². The molecule has 0 saturated heterocycles. The Morgan fingerprint density at radius 3 is 2.43 bits per heavy atom. The minimum Gasteiger partial charge on any atom is -0.478 e. The summed E-state index contributed by atoms with van der Waals surface area (Å²) in [6.07, 6.45) is 3.13. The number of ether oxygens (including phenoxy) is 1. The van der Waals surface area contributed by atoms with Crippen LogP contribution in [0.4, 0.5) is 0 Å². The molecule has 2 rings (SSSR count). The molecule has 1 aliphatic carbocycles. The Balaban J connectivity index is 2.07. The van der Waals surface area contributed by atoms with Crippen molar-refractivity contribution in [2.45, 2.75) is 44.1 Å². The average Bonchev–Trinajstić information content (AvgIpc) is 2.43. The quantitative estimate of drug-likeness (QED) is 0.851. The van der Waals surface area contributed by atoms with E-state index in [1.807, 2.05) is 0 Å². The molecule has 1 aromatic carbocycles. The number of benzene rings is 1. The van der Waals surface area contributed by atoms with E-state index in [4.69, 9.17) is 27.9 Å². The Morgan fingerprint density at radius 1 is 1.19 bits per heavy atom. The van der Waals surface area contributed by atoms with Crippen molar-refractivity contribution in [1.82, 2.24) is 0 Å². The third-order valence-corrected chi connectivity index (χ3v) is 4.30. The number of halogens is 2. The number of esters is 1. The van der Waals surface area contributed by atoms with Gasteiger partial charge in [-0.1, -0.05) is 35.7 Å². The van der Waals surface area contributed by atoms with Crippen LogP contribution in [0.25, 0.3) is 0 Å². The van der Waals surface area contributed by atoms with Crippen molar-refractivity contribution in [3.05, 3.63) is 33.8 Å². The maximum atomic E-state index is 12.1. The second-order valence-corrected chi connectivity index (χ2v) is 6.09. The lowest BCUT2D eigenvalue weighted by Crippen LogP contribution is -2.45. The molecule has 1 N–H and O–H groups in total. The van der Waals surface area contributed by atoms with Crippen LogP contribution in [0.15, 0.2) is 18.2 Å². The number of carboxylic acids is 1. The van der Waals surface area contributed by atoms with Gasteiger partial charge in [0.1, 0.15) is 0 Å². The van der Waals surface area contributed by atoms with Gasteiger partial charge in [-0.2, -0.15) is 0 Å². The Morgan fingerprint density at radius 2 is 1.86 bits per heavy atom. The lowest BCUT2D eigenvalue weighted by Gasteiger charge is -2.32. The van der Waals surface area contributed by atoms with Crippen LogP contribution in [-0.4, -0.2) is 22.6 Å². The molecule has 0 bridgehead atoms. The topological polar surface area (TPSA) is 63.6 Å². The van der Waals surface area contributed by atoms with Crippen molar-refractivity contribution >= 4 is 35.1 Å². The Bertz CT molecular complexity index is 551. The van der Waals surface area contributed by atoms with E-state index in [9.17, 15) is 14.7 Å². The predicted molar refractivity (Wildman–Crippen MR) is 79.7 cm³/mol. The second kappa shape index (κ2) is 6.67. The van der Waals surface area contributed by atoms with Gasteiger partial charge in [0.2, 0.25) is 5.60 Å². The van der Waals surface area contributed by atoms with E-state index in [1.54, 1.807) is 18.2 Å². The minimum atomic E-state index is -1.38. The molecule has 21 heavy (non-hydrogen) atoms. The maximum Gasteiger partial charge on any atom is 0.348 e. The summed E-state index contributed by atoms with van der Waals surface area (Å²) in [4.78, 5) is 23.5. The molecule has 0 heterocycles. The third kappa shape index (κ3) is 3.89. The summed E-state index contributed by atoms with van der Waals surface area (Å²) in [5, 5.41) is 10.2. The summed E-state index contributed by atoms with van der Waals surface area (Å²) in [6.45, 7) is 0. The van der Waals surface area contributed by atoms with E-state index >= 15 is 0 Å². The number of hydrogen-bond donors (Lipinski definition) is 1. The zero-order valence-electron chi connectivity index (χ0n) is 11.4. The number of carbonyl (C=O) groups is 2. The number of hydrogen-bond acceptors (Lipinski definition) is 3. The van der Waals surface area contributed by atoms with Gasteiger partial charge in [-0.15, -0.1) is 0 Å². The molecule has 0 aromatic heterocycles. The minimum absolute atomic E-state index is 0.0645. The number of aliphatic carboxylic acids is 1. The van der Waals surface area contributed by atoms with Gasteiger partial charge in [0.15, 0.2) is 0 Å². The molecule has 114 valence electrons. The highest BCUT2D eigenvalue weighted by Crippen LogP contribution is 2.32. The van der Waals surface area contributed by atoms with Crippen LogP contribution in [0, 0.1) is 0 Å². The summed E-state index contributed by atoms with van der Waals surface area (Å²) in [7, 11) is 0. The van der Waals surface area contributed by atoms with Gasteiger partial charge in [-0.05, 0) is 43.4 Å². The average molecular weight is 331 g/mol. The summed E-state index contributed by atoms with van der Waals surface area (Å²) < 4.78 is 5.30. The summed E-state index contributed by atoms with van der Waals surface area (Å²) in [6, 6.07) is 4.81. The van der Waals surface area contributed by atoms with Crippen LogP contribution in [0.2, 0.25) is 10.0 Å². The third-order valence-electron chi connectivity index (χ3n) is 3.71. The number of carbonyl (C=O) groups excluding carboxylic acids is 1. The van der Waals surface area contributed by atoms with Gasteiger partial charge in [0.25, 0.3) is 0 Å². The first-order valence-corrected chi connectivity index (χ1v) is 7.58. The highest BCUT2D eigenvalue weighted by atomic mass is 35.5. The summed E-state index contributed by atoms with van der Waals surface area (Å²) >= 11 is 11.8. The summed E-state index contributed by atoms with van der Waals surface area (Å²) in [5.74, 6) is -1.65. The molecule has 0 spiro atoms. The molecule has 0 aliphatic heterocycles. The van der Waals surface area contributed by atoms with Crippen LogP contribution in [0.3, 0.4) is 0 Å². The van der Waals surface area contributed by atoms with E-state index in [2.05, 4.69) is 0 Å². The van der Waals surface area contributed by atoms with E-state index in [1.165, 1.54) is 0 Å². The zero-order valence-corrected chi connectivity index (χ0v) is 12.9. The molecule has 0 amide bonds. The normalized spacial score (nSPS) is 17.2. The molecular weight excluding hydrogens is 315 g/mol. The molecule has 6 heteroatoms. The Hall–Kier alpha value is -1.26. The SMILES string of the molecule is O=C(Cc1ccc(Cl)cc1Cl)OC1(C(=O)O)CCCCC1. The highest BCUT2D eigenvalue weighted by Gasteiger charge is 2.43. The van der Waals surface area contributed by atoms with E-state index in [0.29, 0.717) is 28.5 Å². The van der Waals surface area contributed by atoms with Crippen molar-refractivity contribution in [3.8, 4) is 0 Å². The molecule has 0 unspecified atom stereocenters. The standard InChI is InChI=1S/C15H16Cl2O4/c16-11-5-4-10(12(17)9-11)8-13(18)21-15(14(19)20)6-2-1-3-7-15/h4-5,9H,1-3,6-8H2,(H,19,20). The number of carboxylic acid groups (broad SMARTS) is 1. The largest absolute Gasteiger partial charge is 0.478 e. The fourth-order valence-corrected chi connectivity index (χ4v) is 3.03. The second-order valence-electron chi connectivity index (χ2n) is 5.25. The van der Waals surface area contributed by atoms with Gasteiger partial charge >= 0.3 is 11.9 Å². The van der Waals surface area contributed by atoms with Gasteiger partial charge in [0.05, 0.1) is 6.42 Å². The molecule has 1 fully saturated rings. The Labute approximate surface area is 133 Å². The van der Waals surface area contributed by atoms with Crippen molar-refractivity contribution in [1.29, 1.82) is 0 Å². The fraction of sp³-hybridized carbons (Fsp3) is 0.467. The lowest BCUT2D eigenvalue weighted by atomic mass is 9.84. The molecule has 1 aliphatic rings. The first kappa shape index (κ1) is 16.1. The van der Waals surface area contributed by atoms with Crippen molar-refractivity contribution in [2.75, 3.05) is 0 Å². The number of rotatable bonds is 4. The zero-order chi connectivity index (χ0) is 15.5. The van der Waals surface area contributed by atoms with Crippen LogP contribution >= 0.6 is 23.2 Å². The molecule has 1 aromatic rings. The van der Waals surface area contributed by atoms with Crippen LogP contribution in [-0.2, 0) is 20.7 Å². The van der Waals surface area contributed by atoms with Gasteiger partial charge in [0, 0.05) is 10.0 Å². The smallest absolute Gasteiger partial charge is 0.348 e. The molecule has 1 saturated carbocycles. The first-order valence-electron chi connectivity index (χ1n) is 6.82. The van der Waals surface area contributed by atoms with Crippen molar-refractivity contribution in [2.24, 2.45) is 0 Å². The Kier molecular flexibility index (Phi) is 5.12. The lowest BCUT2D eigenvalue weighted by molar-refractivity contribution is -0.182. The van der Waals surface area contributed by atoms with Crippen molar-refractivity contribution < 1.29 is 19.4 Å². The maximum absolute atomic E-state index is 12.1. The highest BCUT2D eigenvalue weighted by molar-refractivity contribution is 6.35. The van der Waals surface area contributed by atoms with E-state index < -0.39 is 17.5 Å². The molecule has 4 nitrogen and oxygen atoms in total. The van der Waals surface area contributed by atoms with Crippen molar-refractivity contribution in [3.63, 3.8) is 0 Å². The molecule has 0 radical (unpaired) electrons. The van der Waals surface area contributed by atoms with E-state index in [0.717, 1.165) is 19.3 Å². The molecular formula is C15H16Cl2O4. The van der Waals surface area contributed by atoms with Crippen LogP contribution in [0.1, 0.15) is 37.7 Å². The summed E-state index contributed by atoms with van der Waals surface area (Å²) in [5.41, 5.74) is -0.809. The van der Waals surface area contributed by atoms with E-state index in [-0.39, 0.29) is 6.42 Å². The molecule has 0 atom stereocenters. The van der Waals surface area contributed by atoms with Crippen LogP contribution in [0.5, 0.6) is 0 Å². The first-order chi connectivity index (χ1) is 9.93. The van der Waals surface area contributed by atoms with Crippen LogP contribution < -0.4 is 0 Å². The van der Waals surface area contributed by atoms with Gasteiger partial charge < -0.3 is 9.84 Å². The fourth-order valence-electron chi connectivity index (χ4n) is 2.56. The van der Waals surface area contributed by atoms with Gasteiger partial charge in [-0.25, -0.2) is 4.79 Å². The monoisotopic (exact) mass is 330 g/mol. The predicted octanol–water partition coefficient (Wildman–Crippen LogP) is 3.87.